The Hall–Kier alpha value is -1.37. The highest BCUT2D eigenvalue weighted by Crippen LogP contribution is 2.08. The molecule has 0 saturated carbocycles. The summed E-state index contributed by atoms with van der Waals surface area (Å²) in [6.45, 7) is 7.97. The normalized spacial score (nSPS) is 16.4. The van der Waals surface area contributed by atoms with Gasteiger partial charge in [0, 0.05) is 0 Å². The second-order valence-electron chi connectivity index (χ2n) is 3.78. The molecule has 2 rings (SSSR count). The zero-order chi connectivity index (χ0) is 13.1. The van der Waals surface area contributed by atoms with Gasteiger partial charge in [-0.25, -0.2) is 4.39 Å². The van der Waals surface area contributed by atoms with Crippen LogP contribution in [-0.4, -0.2) is 0 Å². The third kappa shape index (κ3) is 7.51. The van der Waals surface area contributed by atoms with Gasteiger partial charge in [-0.3, -0.25) is 0 Å². The number of benzene rings is 1. The Kier molecular flexibility index (Phi) is 9.04. The van der Waals surface area contributed by atoms with Crippen LogP contribution in [0.2, 0.25) is 0 Å². The number of aryl methyl sites for hydroxylation is 1. The third-order valence-corrected chi connectivity index (χ3v) is 2.27. The lowest BCUT2D eigenvalue weighted by molar-refractivity contribution is 0.618. The van der Waals surface area contributed by atoms with Crippen molar-refractivity contribution in [2.24, 2.45) is 5.92 Å². The molecule has 1 aromatic carbocycles. The van der Waals surface area contributed by atoms with Gasteiger partial charge in [-0.1, -0.05) is 63.3 Å². The molecule has 0 N–H and O–H groups in total. The van der Waals surface area contributed by atoms with Gasteiger partial charge >= 0.3 is 0 Å². The summed E-state index contributed by atoms with van der Waals surface area (Å²) < 4.78 is 12.3. The van der Waals surface area contributed by atoms with E-state index in [2.05, 4.69) is 31.2 Å². The van der Waals surface area contributed by atoms with Gasteiger partial charge in [0.1, 0.15) is 5.82 Å². The Bertz CT molecular complexity index is 329. The minimum Gasteiger partial charge on any atom is -0.207 e. The molecule has 0 amide bonds. The van der Waals surface area contributed by atoms with Crippen LogP contribution in [0.3, 0.4) is 0 Å². The lowest BCUT2D eigenvalue weighted by Gasteiger charge is -2.02. The van der Waals surface area contributed by atoms with Gasteiger partial charge in [0.2, 0.25) is 0 Å². The number of hydrogen-bond acceptors (Lipinski definition) is 0. The minimum atomic E-state index is -0.132. The minimum absolute atomic E-state index is 0.132. The highest BCUT2D eigenvalue weighted by atomic mass is 19.1. The van der Waals surface area contributed by atoms with E-state index in [9.17, 15) is 4.39 Å². The molecule has 1 aliphatic carbocycles. The van der Waals surface area contributed by atoms with E-state index in [1.54, 1.807) is 19.1 Å². The van der Waals surface area contributed by atoms with E-state index in [-0.39, 0.29) is 5.82 Å². The maximum Gasteiger partial charge on any atom is 0.126 e. The van der Waals surface area contributed by atoms with Crippen molar-refractivity contribution in [2.45, 2.75) is 34.1 Å². The fourth-order valence-electron chi connectivity index (χ4n) is 1.26. The predicted molar refractivity (Wildman–Crippen MR) is 74.5 cm³/mol. The lowest BCUT2D eigenvalue weighted by Crippen LogP contribution is -1.87. The molecule has 1 unspecified atom stereocenters. The van der Waals surface area contributed by atoms with Crippen LogP contribution in [0.15, 0.2) is 48.6 Å². The fourth-order valence-corrected chi connectivity index (χ4v) is 1.26. The van der Waals surface area contributed by atoms with Crippen LogP contribution in [-0.2, 0) is 0 Å². The molecule has 0 spiro atoms. The van der Waals surface area contributed by atoms with Gasteiger partial charge in [0.05, 0.1) is 0 Å². The maximum atomic E-state index is 12.3. The van der Waals surface area contributed by atoms with E-state index >= 15 is 0 Å². The summed E-state index contributed by atoms with van der Waals surface area (Å²) in [5, 5.41) is 0. The first-order valence-electron chi connectivity index (χ1n) is 6.24. The highest BCUT2D eigenvalue weighted by molar-refractivity contribution is 5.14. The van der Waals surface area contributed by atoms with Crippen LogP contribution >= 0.6 is 0 Å². The van der Waals surface area contributed by atoms with Gasteiger partial charge < -0.3 is 0 Å². The lowest BCUT2D eigenvalue weighted by atomic mass is 10.0. The summed E-state index contributed by atoms with van der Waals surface area (Å²) in [6.07, 6.45) is 9.84. The summed E-state index contributed by atoms with van der Waals surface area (Å²) in [7, 11) is 0. The van der Waals surface area contributed by atoms with Crippen LogP contribution in [0.4, 0.5) is 4.39 Å². The van der Waals surface area contributed by atoms with Crippen LogP contribution in [0.25, 0.3) is 0 Å². The van der Waals surface area contributed by atoms with Crippen molar-refractivity contribution in [1.82, 2.24) is 0 Å². The summed E-state index contributed by atoms with van der Waals surface area (Å²) in [5.74, 6) is 0.637. The Balaban J connectivity index is 0.000000265. The molecular formula is C16H23F. The molecule has 0 aliphatic heterocycles. The zero-order valence-corrected chi connectivity index (χ0v) is 11.3. The number of hydrogen-bond donors (Lipinski definition) is 0. The summed E-state index contributed by atoms with van der Waals surface area (Å²) in [4.78, 5) is 0. The fraction of sp³-hybridized carbons (Fsp3) is 0.375. The van der Waals surface area contributed by atoms with E-state index in [0.717, 1.165) is 5.92 Å². The van der Waals surface area contributed by atoms with Crippen molar-refractivity contribution in [2.75, 3.05) is 0 Å². The monoisotopic (exact) mass is 234 g/mol. The first-order chi connectivity index (χ1) is 8.20. The van der Waals surface area contributed by atoms with Crippen LogP contribution in [0, 0.1) is 18.7 Å². The molecule has 0 bridgehead atoms. The number of halogens is 1. The van der Waals surface area contributed by atoms with Gasteiger partial charge in [-0.15, -0.1) is 0 Å². The summed E-state index contributed by atoms with van der Waals surface area (Å²) in [6, 6.07) is 6.70. The topological polar surface area (TPSA) is 0 Å². The van der Waals surface area contributed by atoms with Gasteiger partial charge in [0.25, 0.3) is 0 Å². The zero-order valence-electron chi connectivity index (χ0n) is 11.3. The molecular weight excluding hydrogens is 211 g/mol. The van der Waals surface area contributed by atoms with Crippen molar-refractivity contribution < 1.29 is 4.39 Å². The number of allylic oxidation sites excluding steroid dienone is 4. The van der Waals surface area contributed by atoms with E-state index in [1.807, 2.05) is 19.9 Å². The average molecular weight is 234 g/mol. The molecule has 94 valence electrons. The second kappa shape index (κ2) is 9.83. The largest absolute Gasteiger partial charge is 0.207 e. The predicted octanol–water partition coefficient (Wildman–Crippen LogP) is 5.30. The first kappa shape index (κ1) is 15.6. The maximum absolute atomic E-state index is 12.3. The van der Waals surface area contributed by atoms with E-state index in [0.29, 0.717) is 5.56 Å². The van der Waals surface area contributed by atoms with E-state index in [4.69, 9.17) is 0 Å². The van der Waals surface area contributed by atoms with E-state index in [1.165, 1.54) is 12.5 Å². The second-order valence-corrected chi connectivity index (χ2v) is 3.78. The molecule has 1 heteroatoms. The SMILES string of the molecule is CC.CC1C=CC=CC1.Cc1ccccc1F. The van der Waals surface area contributed by atoms with Crippen LogP contribution in [0.1, 0.15) is 32.8 Å². The van der Waals surface area contributed by atoms with E-state index < -0.39 is 0 Å². The Morgan fingerprint density at radius 2 is 1.76 bits per heavy atom. The van der Waals surface area contributed by atoms with Gasteiger partial charge in [-0.05, 0) is 30.9 Å². The molecule has 1 atom stereocenters. The first-order valence-corrected chi connectivity index (χ1v) is 6.24. The van der Waals surface area contributed by atoms with Crippen molar-refractivity contribution in [3.63, 3.8) is 0 Å². The third-order valence-electron chi connectivity index (χ3n) is 2.27. The summed E-state index contributed by atoms with van der Waals surface area (Å²) >= 11 is 0. The molecule has 0 aromatic heterocycles. The standard InChI is InChI=1S/C7H7F.C7H10.C2H6/c1-6-4-2-3-5-7(6)8;1-7-5-3-2-4-6-7;1-2/h2-5H,1H3;2-5,7H,6H2,1H3;1-2H3. The van der Waals surface area contributed by atoms with Crippen molar-refractivity contribution in [3.8, 4) is 0 Å². The molecule has 0 heterocycles. The molecule has 1 aromatic rings. The molecule has 0 fully saturated rings. The van der Waals surface area contributed by atoms with Crippen molar-refractivity contribution in [1.29, 1.82) is 0 Å². The van der Waals surface area contributed by atoms with Gasteiger partial charge in [-0.2, -0.15) is 0 Å². The van der Waals surface area contributed by atoms with Crippen molar-refractivity contribution >= 4 is 0 Å². The van der Waals surface area contributed by atoms with Crippen LogP contribution in [0.5, 0.6) is 0 Å². The van der Waals surface area contributed by atoms with Crippen molar-refractivity contribution in [3.05, 3.63) is 60.0 Å². The Morgan fingerprint density at radius 1 is 1.12 bits per heavy atom. The Labute approximate surface area is 105 Å². The molecule has 0 saturated heterocycles. The molecule has 1 aliphatic rings. The average Bonchev–Trinajstić information content (AvgIpc) is 2.37. The highest BCUT2D eigenvalue weighted by Gasteiger charge is 1.93. The van der Waals surface area contributed by atoms with Gasteiger partial charge in [0.15, 0.2) is 0 Å². The quantitative estimate of drug-likeness (QED) is 0.571. The number of rotatable bonds is 0. The smallest absolute Gasteiger partial charge is 0.126 e. The molecule has 0 radical (unpaired) electrons. The summed E-state index contributed by atoms with van der Waals surface area (Å²) in [5.41, 5.74) is 0.701. The molecule has 17 heavy (non-hydrogen) atoms. The van der Waals surface area contributed by atoms with Crippen LogP contribution < -0.4 is 0 Å². The Morgan fingerprint density at radius 3 is 2.06 bits per heavy atom. The molecule has 0 nitrogen and oxygen atoms in total.